The Morgan fingerprint density at radius 2 is 2.00 bits per heavy atom. The highest BCUT2D eigenvalue weighted by Crippen LogP contribution is 2.26. The number of carbonyl (C=O) groups excluding carboxylic acids is 1. The molecule has 0 bridgehead atoms. The van der Waals surface area contributed by atoms with Gasteiger partial charge in [0.1, 0.15) is 11.3 Å². The smallest absolute Gasteiger partial charge is 0.258 e. The summed E-state index contributed by atoms with van der Waals surface area (Å²) in [4.78, 5) is 23.2. The van der Waals surface area contributed by atoms with Gasteiger partial charge in [-0.1, -0.05) is 34.8 Å². The zero-order chi connectivity index (χ0) is 13.1. The lowest BCUT2D eigenvalue weighted by atomic mass is 10.2. The van der Waals surface area contributed by atoms with Crippen molar-refractivity contribution in [3.63, 3.8) is 0 Å². The topological polar surface area (TPSA) is 67.8 Å². The molecule has 2 rings (SSSR count). The largest absolute Gasteiger partial charge is 0.305 e. The Morgan fingerprint density at radius 1 is 1.22 bits per heavy atom. The molecule has 0 atom stereocenters. The van der Waals surface area contributed by atoms with Crippen LogP contribution in [0.5, 0.6) is 0 Å². The van der Waals surface area contributed by atoms with Crippen molar-refractivity contribution in [1.29, 1.82) is 0 Å². The van der Waals surface area contributed by atoms with E-state index in [4.69, 9.17) is 34.8 Å². The highest BCUT2D eigenvalue weighted by atomic mass is 35.5. The number of amides is 1. The molecule has 0 aliphatic carbocycles. The maximum absolute atomic E-state index is 11.9. The predicted octanol–water partition coefficient (Wildman–Crippen LogP) is 3.08. The summed E-state index contributed by atoms with van der Waals surface area (Å²) < 4.78 is 0. The molecule has 1 amide bonds. The third-order valence-electron chi connectivity index (χ3n) is 2.00. The van der Waals surface area contributed by atoms with Crippen LogP contribution in [0.25, 0.3) is 0 Å². The Morgan fingerprint density at radius 3 is 2.72 bits per heavy atom. The maximum Gasteiger partial charge on any atom is 0.258 e. The first-order valence-corrected chi connectivity index (χ1v) is 5.80. The van der Waals surface area contributed by atoms with Crippen molar-refractivity contribution in [2.24, 2.45) is 0 Å². The molecule has 2 heterocycles. The Hall–Kier alpha value is -1.43. The second-order valence-electron chi connectivity index (χ2n) is 3.14. The van der Waals surface area contributed by atoms with Gasteiger partial charge in [-0.25, -0.2) is 9.97 Å². The minimum atomic E-state index is -0.459. The first-order valence-electron chi connectivity index (χ1n) is 4.66. The van der Waals surface area contributed by atoms with Crippen LogP contribution in [0.1, 0.15) is 10.4 Å². The van der Waals surface area contributed by atoms with Crippen molar-refractivity contribution in [3.8, 4) is 0 Å². The zero-order valence-corrected chi connectivity index (χ0v) is 11.0. The Kier molecular flexibility index (Phi) is 3.96. The van der Waals surface area contributed by atoms with Crippen LogP contribution in [-0.2, 0) is 0 Å². The van der Waals surface area contributed by atoms with E-state index in [0.717, 1.165) is 0 Å². The summed E-state index contributed by atoms with van der Waals surface area (Å²) in [6, 6.07) is 1.48. The molecule has 5 nitrogen and oxygen atoms in total. The number of halogens is 3. The summed E-state index contributed by atoms with van der Waals surface area (Å²) in [6.07, 6.45) is 4.01. The van der Waals surface area contributed by atoms with E-state index < -0.39 is 5.91 Å². The van der Waals surface area contributed by atoms with Gasteiger partial charge in [-0.05, 0) is 6.07 Å². The zero-order valence-electron chi connectivity index (χ0n) is 8.69. The number of aromatic nitrogens is 3. The molecule has 2 aromatic heterocycles. The molecule has 0 unspecified atom stereocenters. The number of hydrogen-bond acceptors (Lipinski definition) is 4. The van der Waals surface area contributed by atoms with E-state index in [9.17, 15) is 4.79 Å². The molecule has 1 N–H and O–H groups in total. The third-order valence-corrected chi connectivity index (χ3v) is 3.04. The van der Waals surface area contributed by atoms with E-state index in [1.54, 1.807) is 0 Å². The lowest BCUT2D eigenvalue weighted by molar-refractivity contribution is 0.102. The van der Waals surface area contributed by atoms with Crippen LogP contribution in [0, 0.1) is 0 Å². The Bertz CT molecular complexity index is 605. The van der Waals surface area contributed by atoms with E-state index in [1.807, 2.05) is 0 Å². The van der Waals surface area contributed by atoms with E-state index in [0.29, 0.717) is 0 Å². The predicted molar refractivity (Wildman–Crippen MR) is 69.3 cm³/mol. The fourth-order valence-electron chi connectivity index (χ4n) is 1.17. The van der Waals surface area contributed by atoms with Gasteiger partial charge in [0.05, 0.1) is 10.6 Å². The number of rotatable bonds is 2. The van der Waals surface area contributed by atoms with Crippen molar-refractivity contribution < 1.29 is 4.79 Å². The summed E-state index contributed by atoms with van der Waals surface area (Å²) >= 11 is 17.4. The first-order chi connectivity index (χ1) is 8.59. The standard InChI is InChI=1S/C10H5Cl3N4O/c11-6-3-14-2-1-5(6)10(18)17-9-7(12)8(13)15-4-16-9/h1-4H,(H,15,16,17,18). The van der Waals surface area contributed by atoms with Crippen molar-refractivity contribution >= 4 is 46.5 Å². The molecule has 0 saturated heterocycles. The molecule has 0 aromatic carbocycles. The second-order valence-corrected chi connectivity index (χ2v) is 4.28. The van der Waals surface area contributed by atoms with E-state index in [-0.39, 0.29) is 26.6 Å². The van der Waals surface area contributed by atoms with Crippen LogP contribution < -0.4 is 5.32 Å². The van der Waals surface area contributed by atoms with E-state index >= 15 is 0 Å². The number of nitrogens with one attached hydrogen (secondary N) is 1. The molecule has 0 spiro atoms. The number of anilines is 1. The molecule has 0 aliphatic heterocycles. The van der Waals surface area contributed by atoms with Gasteiger partial charge in [-0.3, -0.25) is 9.78 Å². The fraction of sp³-hybridized carbons (Fsp3) is 0. The molecular formula is C10H5Cl3N4O. The minimum absolute atomic E-state index is 0.0581. The molecule has 2 aromatic rings. The van der Waals surface area contributed by atoms with Crippen LogP contribution in [0.3, 0.4) is 0 Å². The Balaban J connectivity index is 2.27. The van der Waals surface area contributed by atoms with Crippen molar-refractivity contribution in [2.45, 2.75) is 0 Å². The molecule has 0 saturated carbocycles. The lowest BCUT2D eigenvalue weighted by Crippen LogP contribution is -2.14. The molecule has 0 aliphatic rings. The van der Waals surface area contributed by atoms with Crippen molar-refractivity contribution in [3.05, 3.63) is 45.5 Å². The lowest BCUT2D eigenvalue weighted by Gasteiger charge is -2.07. The normalized spacial score (nSPS) is 10.2. The number of hydrogen-bond donors (Lipinski definition) is 1. The highest BCUT2D eigenvalue weighted by molar-refractivity contribution is 6.43. The van der Waals surface area contributed by atoms with Gasteiger partial charge in [-0.15, -0.1) is 0 Å². The second kappa shape index (κ2) is 5.48. The average Bonchev–Trinajstić information content (AvgIpc) is 2.35. The van der Waals surface area contributed by atoms with E-state index in [2.05, 4.69) is 20.3 Å². The Labute approximate surface area is 117 Å². The van der Waals surface area contributed by atoms with Crippen LogP contribution >= 0.6 is 34.8 Å². The quantitative estimate of drug-likeness (QED) is 0.866. The number of pyridine rings is 1. The molecule has 92 valence electrons. The van der Waals surface area contributed by atoms with Crippen molar-refractivity contribution in [2.75, 3.05) is 5.32 Å². The van der Waals surface area contributed by atoms with Crippen LogP contribution in [0.15, 0.2) is 24.8 Å². The summed E-state index contributed by atoms with van der Waals surface area (Å²) in [5, 5.41) is 2.84. The maximum atomic E-state index is 11.9. The third kappa shape index (κ3) is 2.69. The van der Waals surface area contributed by atoms with Gasteiger partial charge in [0.25, 0.3) is 5.91 Å². The highest BCUT2D eigenvalue weighted by Gasteiger charge is 2.14. The molecule has 8 heteroatoms. The van der Waals surface area contributed by atoms with E-state index in [1.165, 1.54) is 24.8 Å². The monoisotopic (exact) mass is 302 g/mol. The van der Waals surface area contributed by atoms with Gasteiger partial charge in [-0.2, -0.15) is 0 Å². The van der Waals surface area contributed by atoms with Crippen LogP contribution in [-0.4, -0.2) is 20.9 Å². The summed E-state index contributed by atoms with van der Waals surface area (Å²) in [6.45, 7) is 0. The number of nitrogens with zero attached hydrogens (tertiary/aromatic N) is 3. The fourth-order valence-corrected chi connectivity index (χ4v) is 1.65. The average molecular weight is 304 g/mol. The van der Waals surface area contributed by atoms with Crippen molar-refractivity contribution in [1.82, 2.24) is 15.0 Å². The minimum Gasteiger partial charge on any atom is -0.305 e. The molecular weight excluding hydrogens is 298 g/mol. The van der Waals surface area contributed by atoms with Gasteiger partial charge in [0.2, 0.25) is 0 Å². The molecule has 18 heavy (non-hydrogen) atoms. The van der Waals surface area contributed by atoms with Gasteiger partial charge >= 0.3 is 0 Å². The number of carbonyl (C=O) groups is 1. The first kappa shape index (κ1) is 13.0. The van der Waals surface area contributed by atoms with Gasteiger partial charge in [0.15, 0.2) is 11.0 Å². The van der Waals surface area contributed by atoms with Crippen LogP contribution in [0.4, 0.5) is 5.82 Å². The molecule has 0 radical (unpaired) electrons. The van der Waals surface area contributed by atoms with Gasteiger partial charge in [0, 0.05) is 12.4 Å². The molecule has 0 fully saturated rings. The summed E-state index contributed by atoms with van der Waals surface area (Å²) in [5.41, 5.74) is 0.262. The summed E-state index contributed by atoms with van der Waals surface area (Å²) in [5.74, 6) is -0.339. The van der Waals surface area contributed by atoms with Crippen LogP contribution in [0.2, 0.25) is 15.2 Å². The SMILES string of the molecule is O=C(Nc1ncnc(Cl)c1Cl)c1ccncc1Cl. The van der Waals surface area contributed by atoms with Gasteiger partial charge < -0.3 is 5.32 Å². The summed E-state index contributed by atoms with van der Waals surface area (Å²) in [7, 11) is 0.